The summed E-state index contributed by atoms with van der Waals surface area (Å²) in [7, 11) is 4.96. The highest BCUT2D eigenvalue weighted by Gasteiger charge is 2.44. The Labute approximate surface area is 223 Å². The number of amides is 1. The highest BCUT2D eigenvalue weighted by molar-refractivity contribution is 6.01. The average molecular weight is 530 g/mol. The van der Waals surface area contributed by atoms with E-state index in [1.54, 1.807) is 54.3 Å². The summed E-state index contributed by atoms with van der Waals surface area (Å²) in [5.41, 5.74) is 2.58. The van der Waals surface area contributed by atoms with E-state index in [0.717, 1.165) is 11.1 Å². The molecule has 2 aromatic carbocycles. The van der Waals surface area contributed by atoms with Crippen molar-refractivity contribution in [2.75, 3.05) is 27.3 Å². The van der Waals surface area contributed by atoms with Crippen molar-refractivity contribution in [3.63, 3.8) is 0 Å². The molecule has 0 unspecified atom stereocenters. The van der Waals surface area contributed by atoms with E-state index in [1.807, 2.05) is 19.3 Å². The largest absolute Gasteiger partial charge is 0.496 e. The van der Waals surface area contributed by atoms with Crippen molar-refractivity contribution in [2.45, 2.75) is 24.9 Å². The number of benzene rings is 2. The van der Waals surface area contributed by atoms with Gasteiger partial charge in [0.25, 0.3) is 5.91 Å². The van der Waals surface area contributed by atoms with Gasteiger partial charge in [-0.2, -0.15) is 10.3 Å². The molecule has 200 valence electrons. The highest BCUT2D eigenvalue weighted by atomic mass is 16.5. The van der Waals surface area contributed by atoms with Crippen molar-refractivity contribution in [1.29, 1.82) is 0 Å². The maximum atomic E-state index is 13.5. The Bertz CT molecular complexity index is 1530. The summed E-state index contributed by atoms with van der Waals surface area (Å²) in [6, 6.07) is 8.79. The number of tetrazole rings is 1. The van der Waals surface area contributed by atoms with Gasteiger partial charge in [-0.1, -0.05) is 0 Å². The van der Waals surface area contributed by atoms with Crippen molar-refractivity contribution in [3.05, 3.63) is 53.9 Å². The predicted octanol–water partition coefficient (Wildman–Crippen LogP) is 2.92. The number of rotatable bonds is 5. The molecule has 0 bridgehead atoms. The molecule has 1 fully saturated rings. The first kappa shape index (κ1) is 24.6. The number of methoxy groups -OCH3 is 2. The van der Waals surface area contributed by atoms with Gasteiger partial charge in [0, 0.05) is 55.9 Å². The van der Waals surface area contributed by atoms with Gasteiger partial charge in [0.05, 0.1) is 38.0 Å². The molecule has 2 aromatic heterocycles. The van der Waals surface area contributed by atoms with Crippen LogP contribution >= 0.6 is 0 Å². The Hall–Kier alpha value is -4.74. The Morgan fingerprint density at radius 3 is 2.44 bits per heavy atom. The number of ketones is 1. The van der Waals surface area contributed by atoms with E-state index < -0.39 is 5.60 Å². The molecule has 39 heavy (non-hydrogen) atoms. The fourth-order valence-electron chi connectivity index (χ4n) is 5.37. The van der Waals surface area contributed by atoms with Crippen LogP contribution in [0.5, 0.6) is 17.2 Å². The minimum absolute atomic E-state index is 0.00170. The van der Waals surface area contributed by atoms with Gasteiger partial charge in [0.2, 0.25) is 5.82 Å². The summed E-state index contributed by atoms with van der Waals surface area (Å²) < 4.78 is 19.4. The molecule has 1 N–H and O–H groups in total. The summed E-state index contributed by atoms with van der Waals surface area (Å²) in [5, 5.41) is 18.2. The fourth-order valence-corrected chi connectivity index (χ4v) is 5.37. The van der Waals surface area contributed by atoms with Gasteiger partial charge in [0.1, 0.15) is 22.8 Å². The number of hydrogen-bond donors (Lipinski definition) is 1. The summed E-state index contributed by atoms with van der Waals surface area (Å²) >= 11 is 0. The molecule has 0 saturated carbocycles. The monoisotopic (exact) mass is 529 g/mol. The SMILES string of the molecule is COc1cc(C(=O)N2CCC3(CC2)CC(=O)c2cc(-c4nn[nH]n4)ccc2O3)cc(OC)c1-c1cnn(C)c1. The van der Waals surface area contributed by atoms with E-state index >= 15 is 0 Å². The number of carbonyl (C=O) groups is 2. The number of aromatic amines is 1. The molecule has 2 aliphatic rings. The molecule has 2 aliphatic heterocycles. The number of nitrogens with one attached hydrogen (secondary N) is 1. The summed E-state index contributed by atoms with van der Waals surface area (Å²) in [6.45, 7) is 0.911. The van der Waals surface area contributed by atoms with Crippen LogP contribution in [-0.4, -0.2) is 79.9 Å². The molecule has 12 nitrogen and oxygen atoms in total. The fraction of sp³-hybridized carbons (Fsp3) is 0.333. The molecule has 0 aliphatic carbocycles. The molecular weight excluding hydrogens is 502 g/mol. The van der Waals surface area contributed by atoms with Gasteiger partial charge in [-0.3, -0.25) is 14.3 Å². The number of ether oxygens (including phenoxy) is 3. The van der Waals surface area contributed by atoms with Crippen LogP contribution < -0.4 is 14.2 Å². The first-order valence-electron chi connectivity index (χ1n) is 12.5. The Kier molecular flexibility index (Phi) is 6.01. The van der Waals surface area contributed by atoms with Crippen LogP contribution in [0.1, 0.15) is 40.0 Å². The van der Waals surface area contributed by atoms with Crippen LogP contribution in [0, 0.1) is 0 Å². The van der Waals surface area contributed by atoms with Gasteiger partial charge in [0.15, 0.2) is 5.78 Å². The van der Waals surface area contributed by atoms with E-state index in [4.69, 9.17) is 14.2 Å². The summed E-state index contributed by atoms with van der Waals surface area (Å²) in [5.74, 6) is 1.88. The molecule has 1 saturated heterocycles. The van der Waals surface area contributed by atoms with Crippen molar-refractivity contribution >= 4 is 11.7 Å². The normalized spacial score (nSPS) is 16.1. The van der Waals surface area contributed by atoms with Crippen LogP contribution in [0.2, 0.25) is 0 Å². The number of hydrogen-bond acceptors (Lipinski definition) is 9. The van der Waals surface area contributed by atoms with Gasteiger partial charge in [-0.25, -0.2) is 0 Å². The van der Waals surface area contributed by atoms with Crippen LogP contribution in [-0.2, 0) is 7.05 Å². The van der Waals surface area contributed by atoms with E-state index in [-0.39, 0.29) is 18.1 Å². The number of Topliss-reactive ketones (excluding diaryl/α,β-unsaturated/α-hetero) is 1. The number of carbonyl (C=O) groups excluding carboxylic acids is 2. The van der Waals surface area contributed by atoms with Crippen molar-refractivity contribution in [1.82, 2.24) is 35.3 Å². The number of aryl methyl sites for hydroxylation is 1. The van der Waals surface area contributed by atoms with Crippen molar-refractivity contribution in [2.24, 2.45) is 7.05 Å². The lowest BCUT2D eigenvalue weighted by Crippen LogP contribution is -2.52. The lowest BCUT2D eigenvalue weighted by Gasteiger charge is -2.44. The lowest BCUT2D eigenvalue weighted by atomic mass is 9.82. The second kappa shape index (κ2) is 9.53. The van der Waals surface area contributed by atoms with Crippen molar-refractivity contribution < 1.29 is 23.8 Å². The Morgan fingerprint density at radius 2 is 1.82 bits per heavy atom. The van der Waals surface area contributed by atoms with Gasteiger partial charge >= 0.3 is 0 Å². The molecule has 12 heteroatoms. The molecule has 6 rings (SSSR count). The van der Waals surface area contributed by atoms with E-state index in [2.05, 4.69) is 25.7 Å². The third kappa shape index (κ3) is 4.37. The smallest absolute Gasteiger partial charge is 0.254 e. The van der Waals surface area contributed by atoms with Crippen LogP contribution in [0.15, 0.2) is 42.7 Å². The first-order valence-corrected chi connectivity index (χ1v) is 12.5. The van der Waals surface area contributed by atoms with Crippen LogP contribution in [0.3, 0.4) is 0 Å². The third-order valence-electron chi connectivity index (χ3n) is 7.40. The number of piperidine rings is 1. The third-order valence-corrected chi connectivity index (χ3v) is 7.40. The summed E-state index contributed by atoms with van der Waals surface area (Å²) in [6.07, 6.45) is 4.92. The molecule has 4 aromatic rings. The maximum Gasteiger partial charge on any atom is 0.254 e. The molecule has 0 atom stereocenters. The molecule has 4 heterocycles. The highest BCUT2D eigenvalue weighted by Crippen LogP contribution is 2.42. The zero-order valence-corrected chi connectivity index (χ0v) is 21.8. The Morgan fingerprint density at radius 1 is 1.08 bits per heavy atom. The average Bonchev–Trinajstić information content (AvgIpc) is 3.64. The van der Waals surface area contributed by atoms with Gasteiger partial charge < -0.3 is 19.1 Å². The molecule has 1 amide bonds. The topological polar surface area (TPSA) is 137 Å². The van der Waals surface area contributed by atoms with E-state index in [9.17, 15) is 9.59 Å². The molecule has 0 radical (unpaired) electrons. The first-order chi connectivity index (χ1) is 18.9. The van der Waals surface area contributed by atoms with Gasteiger partial charge in [-0.05, 0) is 35.5 Å². The van der Waals surface area contributed by atoms with E-state index in [0.29, 0.717) is 65.7 Å². The number of nitrogens with zero attached hydrogens (tertiary/aromatic N) is 6. The number of likely N-dealkylation sites (tertiary alicyclic amines) is 1. The summed E-state index contributed by atoms with van der Waals surface area (Å²) in [4.78, 5) is 28.5. The standard InChI is InChI=1S/C27H27N7O5/c1-33-15-18(14-28-33)24-22(37-2)11-17(12-23(24)38-3)26(36)34-8-6-27(7-9-34)13-20(35)19-10-16(4-5-21(19)39-27)25-29-31-32-30-25/h4-5,10-12,14-15H,6-9,13H2,1-3H3,(H,29,30,31,32). The Balaban J connectivity index is 1.20. The number of H-pyrrole nitrogens is 1. The van der Waals surface area contributed by atoms with E-state index in [1.165, 1.54) is 0 Å². The molecular formula is C27H27N7O5. The van der Waals surface area contributed by atoms with Crippen LogP contribution in [0.25, 0.3) is 22.5 Å². The zero-order valence-electron chi connectivity index (χ0n) is 21.8. The van der Waals surface area contributed by atoms with Crippen molar-refractivity contribution in [3.8, 4) is 39.8 Å². The van der Waals surface area contributed by atoms with Crippen LogP contribution in [0.4, 0.5) is 0 Å². The minimum Gasteiger partial charge on any atom is -0.496 e. The zero-order chi connectivity index (χ0) is 27.1. The second-order valence-electron chi connectivity index (χ2n) is 9.78. The number of fused-ring (bicyclic) bond motifs is 1. The molecule has 1 spiro atoms. The number of aromatic nitrogens is 6. The quantitative estimate of drug-likeness (QED) is 0.414. The predicted molar refractivity (Wildman–Crippen MR) is 139 cm³/mol. The second-order valence-corrected chi connectivity index (χ2v) is 9.78. The minimum atomic E-state index is -0.645. The van der Waals surface area contributed by atoms with Gasteiger partial charge in [-0.15, -0.1) is 10.2 Å². The maximum absolute atomic E-state index is 13.5. The lowest BCUT2D eigenvalue weighted by molar-refractivity contribution is -0.00571.